The number of aromatic nitrogens is 2. The van der Waals surface area contributed by atoms with Crippen LogP contribution in [0.15, 0.2) is 77.4 Å². The predicted octanol–water partition coefficient (Wildman–Crippen LogP) is 5.09. The molecule has 0 radical (unpaired) electrons. The number of halogens is 1. The van der Waals surface area contributed by atoms with Gasteiger partial charge in [-0.1, -0.05) is 17.7 Å². The lowest BCUT2D eigenvalue weighted by molar-refractivity contribution is 0.103. The van der Waals surface area contributed by atoms with Crippen LogP contribution in [0, 0.1) is 0 Å². The third kappa shape index (κ3) is 5.75. The number of amides is 1. The highest BCUT2D eigenvalue weighted by atomic mass is 35.5. The molecular formula is C23H18ClN3O4S2. The number of thiophene rings is 1. The summed E-state index contributed by atoms with van der Waals surface area (Å²) in [5.41, 5.74) is 2.56. The Morgan fingerprint density at radius 3 is 2.73 bits per heavy atom. The molecule has 0 spiro atoms. The molecule has 0 saturated carbocycles. The van der Waals surface area contributed by atoms with Gasteiger partial charge in [0.05, 0.1) is 9.77 Å². The Balaban J connectivity index is 1.53. The lowest BCUT2D eigenvalue weighted by Gasteiger charge is -2.09. The Bertz CT molecular complexity index is 1410. The van der Waals surface area contributed by atoms with Crippen LogP contribution in [0.2, 0.25) is 5.02 Å². The molecule has 10 heteroatoms. The molecular weight excluding hydrogens is 482 g/mol. The molecule has 33 heavy (non-hydrogen) atoms. The van der Waals surface area contributed by atoms with Crippen molar-refractivity contribution in [2.75, 3.05) is 11.6 Å². The summed E-state index contributed by atoms with van der Waals surface area (Å²) in [6, 6.07) is 13.3. The number of anilines is 1. The van der Waals surface area contributed by atoms with Gasteiger partial charge < -0.3 is 10.1 Å². The molecule has 0 aliphatic rings. The third-order valence-electron chi connectivity index (χ3n) is 4.54. The standard InChI is InChI=1S/C23H18ClN3O4S2/c1-33(29,30)19-10-17(24)9-18(11-19)27-23(28)21-8-16(14-32-21)22-20(5-3-7-26-22)31-13-15-4-2-6-25-12-15/h2-12,14H,13H2,1H3,(H,27,28). The van der Waals surface area contributed by atoms with Crippen LogP contribution in [0.3, 0.4) is 0 Å². The summed E-state index contributed by atoms with van der Waals surface area (Å²) >= 11 is 7.26. The fourth-order valence-electron chi connectivity index (χ4n) is 2.99. The zero-order valence-corrected chi connectivity index (χ0v) is 19.7. The van der Waals surface area contributed by atoms with Crippen LogP contribution < -0.4 is 10.1 Å². The van der Waals surface area contributed by atoms with Crippen LogP contribution in [0.5, 0.6) is 5.75 Å². The number of carbonyl (C=O) groups is 1. The molecule has 4 aromatic rings. The number of nitrogens with one attached hydrogen (secondary N) is 1. The van der Waals surface area contributed by atoms with Gasteiger partial charge in [0.1, 0.15) is 18.1 Å². The fraction of sp³-hybridized carbons (Fsp3) is 0.0870. The van der Waals surface area contributed by atoms with Crippen LogP contribution in [-0.2, 0) is 16.4 Å². The van der Waals surface area contributed by atoms with E-state index in [1.165, 1.54) is 29.5 Å². The molecule has 0 fully saturated rings. The summed E-state index contributed by atoms with van der Waals surface area (Å²) in [6.45, 7) is 0.335. The Labute approximate surface area is 200 Å². The topological polar surface area (TPSA) is 98.2 Å². The minimum atomic E-state index is -3.47. The van der Waals surface area contributed by atoms with Gasteiger partial charge in [0, 0.05) is 52.1 Å². The van der Waals surface area contributed by atoms with E-state index in [2.05, 4.69) is 15.3 Å². The minimum Gasteiger partial charge on any atom is -0.487 e. The predicted molar refractivity (Wildman–Crippen MR) is 129 cm³/mol. The van der Waals surface area contributed by atoms with E-state index in [0.717, 1.165) is 17.4 Å². The molecule has 0 bridgehead atoms. The average molecular weight is 500 g/mol. The van der Waals surface area contributed by atoms with Gasteiger partial charge in [-0.3, -0.25) is 14.8 Å². The van der Waals surface area contributed by atoms with Gasteiger partial charge in [-0.2, -0.15) is 0 Å². The number of pyridine rings is 2. The van der Waals surface area contributed by atoms with E-state index in [1.54, 1.807) is 30.7 Å². The summed E-state index contributed by atoms with van der Waals surface area (Å²) in [7, 11) is -3.47. The summed E-state index contributed by atoms with van der Waals surface area (Å²) in [5.74, 6) is 0.195. The molecule has 3 heterocycles. The highest BCUT2D eigenvalue weighted by molar-refractivity contribution is 7.90. The quantitative estimate of drug-likeness (QED) is 0.380. The van der Waals surface area contributed by atoms with Crippen LogP contribution in [0.25, 0.3) is 11.3 Å². The number of sulfone groups is 1. The summed E-state index contributed by atoms with van der Waals surface area (Å²) in [4.78, 5) is 21.7. The van der Waals surface area contributed by atoms with Crippen molar-refractivity contribution in [2.45, 2.75) is 11.5 Å². The van der Waals surface area contributed by atoms with E-state index in [4.69, 9.17) is 16.3 Å². The van der Waals surface area contributed by atoms with E-state index in [9.17, 15) is 13.2 Å². The number of hydrogen-bond acceptors (Lipinski definition) is 7. The van der Waals surface area contributed by atoms with Gasteiger partial charge in [0.25, 0.3) is 5.91 Å². The Hall–Kier alpha value is -3.27. The Morgan fingerprint density at radius 2 is 1.97 bits per heavy atom. The zero-order valence-electron chi connectivity index (χ0n) is 17.4. The first-order valence-corrected chi connectivity index (χ1v) is 12.8. The monoisotopic (exact) mass is 499 g/mol. The second-order valence-corrected chi connectivity index (χ2v) is 10.5. The second-order valence-electron chi connectivity index (χ2n) is 7.10. The van der Waals surface area contributed by atoms with E-state index in [1.807, 2.05) is 23.6 Å². The maximum atomic E-state index is 12.8. The number of hydrogen-bond donors (Lipinski definition) is 1. The number of benzene rings is 1. The van der Waals surface area contributed by atoms with Gasteiger partial charge in [0.15, 0.2) is 9.84 Å². The third-order valence-corrected chi connectivity index (χ3v) is 6.78. The van der Waals surface area contributed by atoms with Gasteiger partial charge in [-0.15, -0.1) is 11.3 Å². The lowest BCUT2D eigenvalue weighted by Crippen LogP contribution is -2.11. The molecule has 1 aromatic carbocycles. The summed E-state index contributed by atoms with van der Waals surface area (Å²) < 4.78 is 29.6. The van der Waals surface area contributed by atoms with E-state index in [-0.39, 0.29) is 15.8 Å². The first kappa shape index (κ1) is 22.9. The number of ether oxygens (including phenoxy) is 1. The van der Waals surface area contributed by atoms with Crippen molar-refractivity contribution in [2.24, 2.45) is 0 Å². The van der Waals surface area contributed by atoms with Gasteiger partial charge in [0.2, 0.25) is 0 Å². The molecule has 4 rings (SSSR count). The van der Waals surface area contributed by atoms with Crippen molar-refractivity contribution in [3.8, 4) is 17.0 Å². The smallest absolute Gasteiger partial charge is 0.265 e. The second kappa shape index (κ2) is 9.70. The number of rotatable bonds is 7. The Morgan fingerprint density at radius 1 is 1.15 bits per heavy atom. The van der Waals surface area contributed by atoms with Crippen LogP contribution in [0.4, 0.5) is 5.69 Å². The first-order valence-electron chi connectivity index (χ1n) is 9.67. The molecule has 0 atom stereocenters. The van der Waals surface area contributed by atoms with Crippen LogP contribution in [-0.4, -0.2) is 30.5 Å². The fourth-order valence-corrected chi connectivity index (χ4v) is 4.76. The summed E-state index contributed by atoms with van der Waals surface area (Å²) in [5, 5.41) is 4.73. The molecule has 3 aromatic heterocycles. The highest BCUT2D eigenvalue weighted by Crippen LogP contribution is 2.32. The molecule has 0 saturated heterocycles. The minimum absolute atomic E-state index is 0.0288. The van der Waals surface area contributed by atoms with Gasteiger partial charge in [-0.25, -0.2) is 8.42 Å². The van der Waals surface area contributed by atoms with Crippen LogP contribution >= 0.6 is 22.9 Å². The van der Waals surface area contributed by atoms with Crippen LogP contribution in [0.1, 0.15) is 15.2 Å². The normalized spacial score (nSPS) is 11.2. The van der Waals surface area contributed by atoms with Crippen molar-refractivity contribution in [1.29, 1.82) is 0 Å². The summed E-state index contributed by atoms with van der Waals surface area (Å²) in [6.07, 6.45) is 6.16. The van der Waals surface area contributed by atoms with Crippen molar-refractivity contribution >= 4 is 44.4 Å². The highest BCUT2D eigenvalue weighted by Gasteiger charge is 2.16. The molecule has 0 aliphatic heterocycles. The lowest BCUT2D eigenvalue weighted by atomic mass is 10.2. The molecule has 168 valence electrons. The van der Waals surface area contributed by atoms with Gasteiger partial charge >= 0.3 is 0 Å². The SMILES string of the molecule is CS(=O)(=O)c1cc(Cl)cc(NC(=O)c2cc(-c3ncccc3OCc3cccnc3)cs2)c1. The average Bonchev–Trinajstić information content (AvgIpc) is 3.28. The molecule has 0 unspecified atom stereocenters. The van der Waals surface area contributed by atoms with Crippen molar-refractivity contribution in [3.05, 3.63) is 88.0 Å². The largest absolute Gasteiger partial charge is 0.487 e. The number of carbonyl (C=O) groups excluding carboxylic acids is 1. The first-order chi connectivity index (χ1) is 15.8. The molecule has 1 N–H and O–H groups in total. The molecule has 7 nitrogen and oxygen atoms in total. The van der Waals surface area contributed by atoms with Crippen molar-refractivity contribution < 1.29 is 17.9 Å². The van der Waals surface area contributed by atoms with E-state index >= 15 is 0 Å². The molecule has 1 amide bonds. The van der Waals surface area contributed by atoms with E-state index < -0.39 is 9.84 Å². The van der Waals surface area contributed by atoms with Crippen molar-refractivity contribution in [1.82, 2.24) is 9.97 Å². The Kier molecular flexibility index (Phi) is 6.73. The van der Waals surface area contributed by atoms with E-state index in [0.29, 0.717) is 28.6 Å². The van der Waals surface area contributed by atoms with Crippen molar-refractivity contribution in [3.63, 3.8) is 0 Å². The zero-order chi connectivity index (χ0) is 23.4. The maximum absolute atomic E-state index is 12.8. The molecule has 0 aliphatic carbocycles. The maximum Gasteiger partial charge on any atom is 0.265 e. The number of nitrogens with zero attached hydrogens (tertiary/aromatic N) is 2. The van der Waals surface area contributed by atoms with Gasteiger partial charge in [-0.05, 0) is 42.5 Å².